The quantitative estimate of drug-likeness (QED) is 0.659. The van der Waals surface area contributed by atoms with Gasteiger partial charge in [-0.2, -0.15) is 5.10 Å². The molecule has 0 aliphatic heterocycles. The van der Waals surface area contributed by atoms with E-state index in [1.807, 2.05) is 24.7 Å². The molecule has 6 nitrogen and oxygen atoms in total. The fourth-order valence-electron chi connectivity index (χ4n) is 1.74. The molecule has 0 bridgehead atoms. The Morgan fingerprint density at radius 2 is 2.10 bits per heavy atom. The van der Waals surface area contributed by atoms with E-state index in [2.05, 4.69) is 32.6 Å². The van der Waals surface area contributed by atoms with Crippen LogP contribution in [-0.2, 0) is 20.1 Å². The van der Waals surface area contributed by atoms with E-state index in [1.165, 1.54) is 4.88 Å². The first kappa shape index (κ1) is 14.5. The molecule has 2 N–H and O–H groups in total. The summed E-state index contributed by atoms with van der Waals surface area (Å²) in [5.41, 5.74) is 2.21. The Kier molecular flexibility index (Phi) is 4.73. The van der Waals surface area contributed by atoms with Crippen molar-refractivity contribution in [3.8, 4) is 0 Å². The number of aromatic nitrogens is 3. The van der Waals surface area contributed by atoms with Crippen molar-refractivity contribution in [2.75, 3.05) is 7.05 Å². The third kappa shape index (κ3) is 3.57. The van der Waals surface area contributed by atoms with Crippen molar-refractivity contribution in [3.63, 3.8) is 0 Å². The highest BCUT2D eigenvalue weighted by Crippen LogP contribution is 2.15. The molecule has 2 aromatic rings. The zero-order valence-corrected chi connectivity index (χ0v) is 13.1. The van der Waals surface area contributed by atoms with Crippen molar-refractivity contribution in [3.05, 3.63) is 33.5 Å². The van der Waals surface area contributed by atoms with Crippen LogP contribution < -0.4 is 10.6 Å². The molecular weight excluding hydrogens is 272 g/mol. The van der Waals surface area contributed by atoms with E-state index in [0.29, 0.717) is 13.1 Å². The van der Waals surface area contributed by atoms with Gasteiger partial charge in [0.05, 0.1) is 24.5 Å². The van der Waals surface area contributed by atoms with Gasteiger partial charge in [-0.1, -0.05) is 0 Å². The van der Waals surface area contributed by atoms with E-state index in [4.69, 9.17) is 0 Å². The Labute approximate surface area is 123 Å². The second-order valence-electron chi connectivity index (χ2n) is 4.47. The number of aryl methyl sites for hydroxylation is 3. The van der Waals surface area contributed by atoms with Crippen LogP contribution in [0.5, 0.6) is 0 Å². The predicted octanol–water partition coefficient (Wildman–Crippen LogP) is 1.36. The molecule has 0 amide bonds. The molecule has 0 radical (unpaired) electrons. The molecule has 0 aliphatic rings. The molecule has 7 heteroatoms. The molecule has 0 saturated heterocycles. The van der Waals surface area contributed by atoms with Crippen LogP contribution in [0.3, 0.4) is 0 Å². The van der Waals surface area contributed by atoms with Gasteiger partial charge in [0.2, 0.25) is 0 Å². The first-order valence-corrected chi connectivity index (χ1v) is 7.26. The minimum Gasteiger partial charge on any atom is -0.351 e. The van der Waals surface area contributed by atoms with Gasteiger partial charge in [0, 0.05) is 25.2 Å². The number of rotatable bonds is 4. The lowest BCUT2D eigenvalue weighted by atomic mass is 10.4. The summed E-state index contributed by atoms with van der Waals surface area (Å²) in [7, 11) is 3.69. The van der Waals surface area contributed by atoms with Crippen molar-refractivity contribution in [2.45, 2.75) is 26.9 Å². The standard InChI is InChI=1S/C13H20N6S/c1-9-10(2)20-12(18-9)8-16-13(14-3)15-7-11-5-6-17-19(11)4/h5-6H,7-8H2,1-4H3,(H2,14,15,16). The zero-order chi connectivity index (χ0) is 14.5. The van der Waals surface area contributed by atoms with Gasteiger partial charge >= 0.3 is 0 Å². The van der Waals surface area contributed by atoms with Crippen LogP contribution in [-0.4, -0.2) is 27.8 Å². The lowest BCUT2D eigenvalue weighted by Gasteiger charge is -2.10. The van der Waals surface area contributed by atoms with E-state index in [0.717, 1.165) is 22.4 Å². The summed E-state index contributed by atoms with van der Waals surface area (Å²) >= 11 is 1.71. The third-order valence-electron chi connectivity index (χ3n) is 3.06. The summed E-state index contributed by atoms with van der Waals surface area (Å²) in [6.07, 6.45) is 1.79. The van der Waals surface area contributed by atoms with Gasteiger partial charge in [0.15, 0.2) is 5.96 Å². The van der Waals surface area contributed by atoms with E-state index >= 15 is 0 Å². The zero-order valence-electron chi connectivity index (χ0n) is 12.3. The number of thiazole rings is 1. The van der Waals surface area contributed by atoms with E-state index in [1.54, 1.807) is 24.6 Å². The largest absolute Gasteiger partial charge is 0.351 e. The van der Waals surface area contributed by atoms with Gasteiger partial charge in [-0.25, -0.2) is 4.98 Å². The summed E-state index contributed by atoms with van der Waals surface area (Å²) in [5.74, 6) is 0.761. The highest BCUT2D eigenvalue weighted by atomic mass is 32.1. The molecule has 2 heterocycles. The summed E-state index contributed by atoms with van der Waals surface area (Å²) in [6, 6.07) is 1.98. The minimum absolute atomic E-state index is 0.685. The van der Waals surface area contributed by atoms with Crippen molar-refractivity contribution < 1.29 is 0 Å². The smallest absolute Gasteiger partial charge is 0.191 e. The summed E-state index contributed by atoms with van der Waals surface area (Å²) in [4.78, 5) is 9.97. The maximum Gasteiger partial charge on any atom is 0.191 e. The normalized spacial score (nSPS) is 11.7. The van der Waals surface area contributed by atoms with Gasteiger partial charge < -0.3 is 10.6 Å². The number of hydrogen-bond acceptors (Lipinski definition) is 4. The predicted molar refractivity (Wildman–Crippen MR) is 81.8 cm³/mol. The molecule has 2 rings (SSSR count). The first-order valence-electron chi connectivity index (χ1n) is 6.44. The lowest BCUT2D eigenvalue weighted by molar-refractivity contribution is 0.684. The Morgan fingerprint density at radius 3 is 2.65 bits per heavy atom. The highest BCUT2D eigenvalue weighted by molar-refractivity contribution is 7.11. The number of guanidine groups is 1. The van der Waals surface area contributed by atoms with Gasteiger partial charge in [0.25, 0.3) is 0 Å². The lowest BCUT2D eigenvalue weighted by Crippen LogP contribution is -2.36. The number of nitrogens with zero attached hydrogens (tertiary/aromatic N) is 4. The van der Waals surface area contributed by atoms with Crippen LogP contribution in [0.15, 0.2) is 17.3 Å². The molecular formula is C13H20N6S. The minimum atomic E-state index is 0.685. The Hall–Kier alpha value is -1.89. The van der Waals surface area contributed by atoms with Crippen molar-refractivity contribution >= 4 is 17.3 Å². The second-order valence-corrected chi connectivity index (χ2v) is 5.76. The number of nitrogens with one attached hydrogen (secondary N) is 2. The van der Waals surface area contributed by atoms with E-state index in [-0.39, 0.29) is 0 Å². The van der Waals surface area contributed by atoms with Gasteiger partial charge in [-0.05, 0) is 19.9 Å². The van der Waals surface area contributed by atoms with Gasteiger partial charge in [0.1, 0.15) is 5.01 Å². The number of aliphatic imine (C=N–C) groups is 1. The molecule has 0 unspecified atom stereocenters. The van der Waals surface area contributed by atoms with Crippen LogP contribution in [0.25, 0.3) is 0 Å². The SMILES string of the molecule is CN=C(NCc1nc(C)c(C)s1)NCc1ccnn1C. The average molecular weight is 292 g/mol. The fraction of sp³-hybridized carbons (Fsp3) is 0.462. The maximum absolute atomic E-state index is 4.50. The summed E-state index contributed by atoms with van der Waals surface area (Å²) in [5, 5.41) is 11.7. The van der Waals surface area contributed by atoms with Gasteiger partial charge in [-0.15, -0.1) is 11.3 Å². The third-order valence-corrected chi connectivity index (χ3v) is 4.14. The maximum atomic E-state index is 4.50. The van der Waals surface area contributed by atoms with Crippen LogP contribution in [0.1, 0.15) is 21.3 Å². The molecule has 2 aromatic heterocycles. The second kappa shape index (κ2) is 6.51. The molecule has 0 aromatic carbocycles. The number of hydrogen-bond donors (Lipinski definition) is 2. The Balaban J connectivity index is 1.85. The monoisotopic (exact) mass is 292 g/mol. The highest BCUT2D eigenvalue weighted by Gasteiger charge is 2.05. The van der Waals surface area contributed by atoms with E-state index in [9.17, 15) is 0 Å². The Bertz CT molecular complexity index is 578. The van der Waals surface area contributed by atoms with Crippen LogP contribution in [0.2, 0.25) is 0 Å². The van der Waals surface area contributed by atoms with E-state index < -0.39 is 0 Å². The molecule has 0 saturated carbocycles. The van der Waals surface area contributed by atoms with Crippen molar-refractivity contribution in [2.24, 2.45) is 12.0 Å². The van der Waals surface area contributed by atoms with Crippen molar-refractivity contribution in [1.29, 1.82) is 0 Å². The van der Waals surface area contributed by atoms with Crippen molar-refractivity contribution in [1.82, 2.24) is 25.4 Å². The fourth-order valence-corrected chi connectivity index (χ4v) is 2.62. The summed E-state index contributed by atoms with van der Waals surface area (Å²) < 4.78 is 1.84. The topological polar surface area (TPSA) is 67.1 Å². The van der Waals surface area contributed by atoms with Crippen LogP contribution in [0, 0.1) is 13.8 Å². The molecule has 20 heavy (non-hydrogen) atoms. The molecule has 0 spiro atoms. The van der Waals surface area contributed by atoms with Crippen LogP contribution in [0.4, 0.5) is 0 Å². The molecule has 0 aliphatic carbocycles. The van der Waals surface area contributed by atoms with Gasteiger partial charge in [-0.3, -0.25) is 9.67 Å². The molecule has 0 fully saturated rings. The molecule has 0 atom stereocenters. The first-order chi connectivity index (χ1) is 9.60. The average Bonchev–Trinajstić information content (AvgIpc) is 2.97. The summed E-state index contributed by atoms with van der Waals surface area (Å²) in [6.45, 7) is 5.49. The Morgan fingerprint density at radius 1 is 1.35 bits per heavy atom. The van der Waals surface area contributed by atoms with Crippen LogP contribution >= 0.6 is 11.3 Å². The molecule has 108 valence electrons.